The first kappa shape index (κ1) is 13.0. The fourth-order valence-electron chi connectivity index (χ4n) is 1.49. The lowest BCUT2D eigenvalue weighted by molar-refractivity contribution is -0.116. The van der Waals surface area contributed by atoms with E-state index in [1.165, 1.54) is 0 Å². The summed E-state index contributed by atoms with van der Waals surface area (Å²) in [5, 5.41) is 10.2. The van der Waals surface area contributed by atoms with E-state index in [1.54, 1.807) is 0 Å². The molecule has 90 valence electrons. The Morgan fingerprint density at radius 2 is 2.38 bits per heavy atom. The first-order chi connectivity index (χ1) is 7.76. The van der Waals surface area contributed by atoms with Gasteiger partial charge in [-0.25, -0.2) is 0 Å². The number of anilines is 1. The Balaban J connectivity index is 2.24. The number of nitrogens with one attached hydrogen (secondary N) is 1. The summed E-state index contributed by atoms with van der Waals surface area (Å²) >= 11 is 1.08. The second-order valence-corrected chi connectivity index (χ2v) is 4.34. The van der Waals surface area contributed by atoms with Gasteiger partial charge < -0.3 is 5.73 Å². The van der Waals surface area contributed by atoms with Crippen LogP contribution in [0.25, 0.3) is 0 Å². The maximum atomic E-state index is 11.5. The van der Waals surface area contributed by atoms with E-state index in [9.17, 15) is 4.79 Å². The Kier molecular flexibility index (Phi) is 5.87. The second-order valence-electron chi connectivity index (χ2n) is 3.61. The number of rotatable bonds is 7. The highest BCUT2D eigenvalue weighted by Gasteiger charge is 2.10. The van der Waals surface area contributed by atoms with Crippen molar-refractivity contribution in [2.75, 3.05) is 11.9 Å². The van der Waals surface area contributed by atoms with Crippen molar-refractivity contribution in [2.45, 2.75) is 32.6 Å². The van der Waals surface area contributed by atoms with E-state index in [0.717, 1.165) is 30.8 Å². The van der Waals surface area contributed by atoms with Gasteiger partial charge in [0.1, 0.15) is 0 Å². The van der Waals surface area contributed by atoms with Crippen LogP contribution in [0.2, 0.25) is 0 Å². The Hall–Kier alpha value is -1.08. The van der Waals surface area contributed by atoms with Crippen molar-refractivity contribution in [2.24, 2.45) is 11.7 Å². The van der Waals surface area contributed by atoms with Crippen LogP contribution >= 0.6 is 11.5 Å². The van der Waals surface area contributed by atoms with E-state index in [0.29, 0.717) is 24.0 Å². The van der Waals surface area contributed by atoms with Crippen molar-refractivity contribution in [1.82, 2.24) is 14.8 Å². The maximum Gasteiger partial charge on any atom is 0.231 e. The summed E-state index contributed by atoms with van der Waals surface area (Å²) in [5.74, 6) is 0.498. The highest BCUT2D eigenvalue weighted by molar-refractivity contribution is 7.09. The molecule has 16 heavy (non-hydrogen) atoms. The van der Waals surface area contributed by atoms with Gasteiger partial charge in [0.2, 0.25) is 11.0 Å². The topological polar surface area (TPSA) is 93.8 Å². The van der Waals surface area contributed by atoms with E-state index in [1.807, 2.05) is 0 Å². The highest BCUT2D eigenvalue weighted by Crippen LogP contribution is 2.15. The number of nitrogens with two attached hydrogens (primary N) is 1. The monoisotopic (exact) mass is 243 g/mol. The molecule has 1 unspecified atom stereocenters. The second kappa shape index (κ2) is 7.24. The summed E-state index contributed by atoms with van der Waals surface area (Å²) in [6.45, 7) is 2.80. The zero-order valence-corrected chi connectivity index (χ0v) is 10.2. The first-order valence-corrected chi connectivity index (χ1v) is 6.18. The summed E-state index contributed by atoms with van der Waals surface area (Å²) in [7, 11) is 0. The predicted octanol–water partition coefficient (Wildman–Crippen LogP) is 1.03. The van der Waals surface area contributed by atoms with E-state index in [-0.39, 0.29) is 5.91 Å². The maximum absolute atomic E-state index is 11.5. The van der Waals surface area contributed by atoms with Crippen LogP contribution in [-0.2, 0) is 4.79 Å². The zero-order valence-electron chi connectivity index (χ0n) is 9.35. The van der Waals surface area contributed by atoms with Gasteiger partial charge in [-0.2, -0.15) is 0 Å². The molecule has 0 aromatic carbocycles. The number of hydrogen-bond donors (Lipinski definition) is 2. The van der Waals surface area contributed by atoms with Crippen molar-refractivity contribution >= 4 is 22.6 Å². The molecular formula is C9H17N5OS. The van der Waals surface area contributed by atoms with Gasteiger partial charge in [-0.1, -0.05) is 22.9 Å². The van der Waals surface area contributed by atoms with Crippen molar-refractivity contribution in [3.05, 3.63) is 0 Å². The molecule has 0 saturated carbocycles. The first-order valence-electron chi connectivity index (χ1n) is 5.41. The quantitative estimate of drug-likeness (QED) is 0.746. The number of carbonyl (C=O) groups is 1. The lowest BCUT2D eigenvalue weighted by Crippen LogP contribution is -2.15. The molecule has 7 heteroatoms. The Morgan fingerprint density at radius 3 is 2.94 bits per heavy atom. The molecule has 0 aliphatic heterocycles. The average Bonchev–Trinajstić information content (AvgIpc) is 2.76. The highest BCUT2D eigenvalue weighted by atomic mass is 32.1. The summed E-state index contributed by atoms with van der Waals surface area (Å²) in [6, 6.07) is 0. The standard InChI is InChI=1S/C9H17N5OS/c1-2-7(5-6-10)3-4-8(15)11-9-12-13-14-16-9/h7H,2-6,10H2,1H3,(H,11,12,14,15). The molecule has 1 amide bonds. The van der Waals surface area contributed by atoms with Gasteiger partial charge in [0, 0.05) is 18.0 Å². The fourth-order valence-corrected chi connectivity index (χ4v) is 1.87. The molecule has 1 atom stereocenters. The molecule has 6 nitrogen and oxygen atoms in total. The van der Waals surface area contributed by atoms with Crippen LogP contribution < -0.4 is 11.1 Å². The van der Waals surface area contributed by atoms with Crippen molar-refractivity contribution in [3.8, 4) is 0 Å². The minimum absolute atomic E-state index is 0.0333. The average molecular weight is 243 g/mol. The molecule has 1 heterocycles. The van der Waals surface area contributed by atoms with Gasteiger partial charge in [0.05, 0.1) is 0 Å². The third kappa shape index (κ3) is 4.63. The molecule has 0 saturated heterocycles. The summed E-state index contributed by atoms with van der Waals surface area (Å²) in [4.78, 5) is 11.5. The summed E-state index contributed by atoms with van der Waals surface area (Å²) in [5.41, 5.74) is 5.50. The minimum atomic E-state index is -0.0333. The molecule has 1 rings (SSSR count). The number of nitrogens with zero attached hydrogens (tertiary/aromatic N) is 3. The molecule has 3 N–H and O–H groups in total. The Bertz CT molecular complexity index is 303. The summed E-state index contributed by atoms with van der Waals surface area (Å²) in [6.07, 6.45) is 3.40. The summed E-state index contributed by atoms with van der Waals surface area (Å²) < 4.78 is 3.57. The van der Waals surface area contributed by atoms with E-state index in [2.05, 4.69) is 27.0 Å². The number of carbonyl (C=O) groups excluding carboxylic acids is 1. The molecule has 0 aliphatic rings. The minimum Gasteiger partial charge on any atom is -0.330 e. The van der Waals surface area contributed by atoms with Gasteiger partial charge in [0.25, 0.3) is 0 Å². The molecular weight excluding hydrogens is 226 g/mol. The predicted molar refractivity (Wildman–Crippen MR) is 63.0 cm³/mol. The van der Waals surface area contributed by atoms with Gasteiger partial charge in [0.15, 0.2) is 0 Å². The fraction of sp³-hybridized carbons (Fsp3) is 0.778. The molecule has 0 spiro atoms. The lowest BCUT2D eigenvalue weighted by atomic mass is 9.96. The third-order valence-corrected chi connectivity index (χ3v) is 2.99. The van der Waals surface area contributed by atoms with Crippen LogP contribution in [0.4, 0.5) is 5.13 Å². The molecule has 0 aliphatic carbocycles. The largest absolute Gasteiger partial charge is 0.330 e. The van der Waals surface area contributed by atoms with Crippen LogP contribution in [-0.4, -0.2) is 27.3 Å². The van der Waals surface area contributed by atoms with Crippen molar-refractivity contribution in [1.29, 1.82) is 0 Å². The third-order valence-electron chi connectivity index (χ3n) is 2.48. The van der Waals surface area contributed by atoms with Gasteiger partial charge in [-0.15, -0.1) is 0 Å². The number of aromatic nitrogens is 3. The molecule has 1 aromatic rings. The van der Waals surface area contributed by atoms with Gasteiger partial charge >= 0.3 is 0 Å². The van der Waals surface area contributed by atoms with Crippen molar-refractivity contribution < 1.29 is 4.79 Å². The van der Waals surface area contributed by atoms with Crippen LogP contribution in [0, 0.1) is 5.92 Å². The number of amides is 1. The number of hydrogen-bond acceptors (Lipinski definition) is 6. The molecule has 1 aromatic heterocycles. The SMILES string of the molecule is CCC(CCN)CCC(=O)Nc1nnns1. The van der Waals surface area contributed by atoms with Crippen LogP contribution in [0.5, 0.6) is 0 Å². The van der Waals surface area contributed by atoms with E-state index in [4.69, 9.17) is 5.73 Å². The van der Waals surface area contributed by atoms with Crippen molar-refractivity contribution in [3.63, 3.8) is 0 Å². The smallest absolute Gasteiger partial charge is 0.231 e. The Labute approximate surface area is 98.8 Å². The lowest BCUT2D eigenvalue weighted by Gasteiger charge is -2.12. The zero-order chi connectivity index (χ0) is 11.8. The molecule has 0 fully saturated rings. The van der Waals surface area contributed by atoms with Crippen LogP contribution in [0.15, 0.2) is 0 Å². The van der Waals surface area contributed by atoms with Crippen LogP contribution in [0.3, 0.4) is 0 Å². The Morgan fingerprint density at radius 1 is 1.56 bits per heavy atom. The van der Waals surface area contributed by atoms with Gasteiger partial charge in [-0.05, 0) is 30.5 Å². The normalized spacial score (nSPS) is 12.4. The van der Waals surface area contributed by atoms with E-state index < -0.39 is 0 Å². The molecule has 0 radical (unpaired) electrons. The van der Waals surface area contributed by atoms with Gasteiger partial charge in [-0.3, -0.25) is 10.1 Å². The van der Waals surface area contributed by atoms with Crippen LogP contribution in [0.1, 0.15) is 32.6 Å². The molecule has 0 bridgehead atoms. The van der Waals surface area contributed by atoms with E-state index >= 15 is 0 Å².